The number of nitrogens with one attached hydrogen (secondary N) is 1. The molecule has 2 saturated heterocycles. The highest BCUT2D eigenvalue weighted by atomic mass is 32.2. The third-order valence-corrected chi connectivity index (χ3v) is 9.34. The molecule has 0 radical (unpaired) electrons. The van der Waals surface area contributed by atoms with E-state index in [1.165, 1.54) is 22.8 Å². The van der Waals surface area contributed by atoms with Gasteiger partial charge in [0.05, 0.1) is 18.0 Å². The van der Waals surface area contributed by atoms with Crippen LogP contribution in [0.4, 0.5) is 5.69 Å². The molecule has 2 heterocycles. The van der Waals surface area contributed by atoms with Gasteiger partial charge >= 0.3 is 0 Å². The lowest BCUT2D eigenvalue weighted by Gasteiger charge is -2.32. The van der Waals surface area contributed by atoms with Crippen molar-refractivity contribution >= 4 is 21.6 Å². The summed E-state index contributed by atoms with van der Waals surface area (Å²) in [5.41, 5.74) is 2.32. The van der Waals surface area contributed by atoms with Crippen molar-refractivity contribution in [2.45, 2.75) is 50.5 Å². The number of nitrogens with zero attached hydrogens (tertiary/aromatic N) is 2. The summed E-state index contributed by atoms with van der Waals surface area (Å²) in [5.74, 6) is 1.22. The monoisotopic (exact) mass is 499 g/mol. The Kier molecular flexibility index (Phi) is 8.02. The predicted molar refractivity (Wildman–Crippen MR) is 138 cm³/mol. The number of sulfonamides is 1. The van der Waals surface area contributed by atoms with E-state index in [1.54, 1.807) is 31.4 Å². The summed E-state index contributed by atoms with van der Waals surface area (Å²) >= 11 is 0. The lowest BCUT2D eigenvalue weighted by molar-refractivity contribution is -0.126. The Hall–Kier alpha value is -2.58. The second kappa shape index (κ2) is 11.0. The first-order valence-electron chi connectivity index (χ1n) is 12.6. The molecule has 2 aromatic rings. The number of ether oxygens (including phenoxy) is 1. The number of piperidine rings is 2. The van der Waals surface area contributed by atoms with Gasteiger partial charge in [-0.2, -0.15) is 4.31 Å². The summed E-state index contributed by atoms with van der Waals surface area (Å²) in [6, 6.07) is 14.8. The van der Waals surface area contributed by atoms with Crippen LogP contribution in [0.5, 0.6) is 5.75 Å². The van der Waals surface area contributed by atoms with Gasteiger partial charge in [-0.05, 0) is 80.5 Å². The molecule has 0 aromatic heterocycles. The molecule has 0 saturated carbocycles. The molecular formula is C27H37N3O4S. The van der Waals surface area contributed by atoms with E-state index in [0.29, 0.717) is 31.7 Å². The number of hydrogen-bond acceptors (Lipinski definition) is 5. The maximum absolute atomic E-state index is 13.0. The Morgan fingerprint density at radius 1 is 0.943 bits per heavy atom. The predicted octanol–water partition coefficient (Wildman–Crippen LogP) is 4.21. The number of methoxy groups -OCH3 is 1. The van der Waals surface area contributed by atoms with Gasteiger partial charge in [0.15, 0.2) is 0 Å². The highest BCUT2D eigenvalue weighted by Gasteiger charge is 2.32. The molecule has 35 heavy (non-hydrogen) atoms. The Balaban J connectivity index is 1.29. The third kappa shape index (κ3) is 5.98. The van der Waals surface area contributed by atoms with E-state index in [4.69, 9.17) is 4.74 Å². The Labute approximate surface area is 209 Å². The molecule has 2 aliphatic rings. The van der Waals surface area contributed by atoms with E-state index in [0.717, 1.165) is 24.6 Å². The number of rotatable bonds is 7. The van der Waals surface area contributed by atoms with Crippen LogP contribution in [-0.4, -0.2) is 51.9 Å². The third-order valence-electron chi connectivity index (χ3n) is 7.42. The molecular weight excluding hydrogens is 462 g/mol. The fourth-order valence-corrected chi connectivity index (χ4v) is 6.38. The number of carbonyl (C=O) groups is 1. The van der Waals surface area contributed by atoms with Crippen LogP contribution in [0.3, 0.4) is 0 Å². The number of benzene rings is 2. The molecule has 0 unspecified atom stereocenters. The van der Waals surface area contributed by atoms with Crippen LogP contribution in [-0.2, 0) is 14.8 Å². The van der Waals surface area contributed by atoms with Crippen molar-refractivity contribution in [3.8, 4) is 5.75 Å². The molecule has 0 spiro atoms. The van der Waals surface area contributed by atoms with E-state index in [9.17, 15) is 13.2 Å². The molecule has 7 nitrogen and oxygen atoms in total. The first kappa shape index (κ1) is 25.5. The first-order chi connectivity index (χ1) is 16.8. The van der Waals surface area contributed by atoms with Crippen molar-refractivity contribution in [1.82, 2.24) is 9.62 Å². The highest BCUT2D eigenvalue weighted by Crippen LogP contribution is 2.27. The number of hydrogen-bond donors (Lipinski definition) is 1. The van der Waals surface area contributed by atoms with Crippen LogP contribution in [0.15, 0.2) is 53.4 Å². The smallest absolute Gasteiger partial charge is 0.243 e. The van der Waals surface area contributed by atoms with Crippen molar-refractivity contribution in [3.63, 3.8) is 0 Å². The maximum atomic E-state index is 13.0. The zero-order valence-electron chi connectivity index (χ0n) is 20.9. The van der Waals surface area contributed by atoms with Crippen molar-refractivity contribution in [3.05, 3.63) is 54.1 Å². The van der Waals surface area contributed by atoms with Crippen molar-refractivity contribution in [2.24, 2.45) is 11.8 Å². The largest absolute Gasteiger partial charge is 0.497 e. The molecule has 8 heteroatoms. The molecule has 2 aromatic carbocycles. The van der Waals surface area contributed by atoms with Gasteiger partial charge in [0, 0.05) is 37.8 Å². The Bertz CT molecular complexity index is 1090. The summed E-state index contributed by atoms with van der Waals surface area (Å²) in [7, 11) is -2.03. The van der Waals surface area contributed by atoms with Crippen LogP contribution < -0.4 is 15.0 Å². The van der Waals surface area contributed by atoms with Gasteiger partial charge in [-0.1, -0.05) is 19.1 Å². The minimum Gasteiger partial charge on any atom is -0.497 e. The zero-order chi connectivity index (χ0) is 25.0. The minimum absolute atomic E-state index is 0.00640. The van der Waals surface area contributed by atoms with Gasteiger partial charge < -0.3 is 15.0 Å². The van der Waals surface area contributed by atoms with Crippen molar-refractivity contribution in [2.75, 3.05) is 38.2 Å². The quantitative estimate of drug-likeness (QED) is 0.617. The fourth-order valence-electron chi connectivity index (χ4n) is 4.91. The summed E-state index contributed by atoms with van der Waals surface area (Å²) in [6.45, 7) is 7.18. The second-order valence-electron chi connectivity index (χ2n) is 9.85. The van der Waals surface area contributed by atoms with Crippen LogP contribution in [0.2, 0.25) is 0 Å². The maximum Gasteiger partial charge on any atom is 0.243 e. The summed E-state index contributed by atoms with van der Waals surface area (Å²) in [6.07, 6.45) is 3.49. The van der Waals surface area contributed by atoms with Crippen LogP contribution in [0, 0.1) is 11.8 Å². The summed E-state index contributed by atoms with van der Waals surface area (Å²) < 4.78 is 32.5. The molecule has 190 valence electrons. The molecule has 0 bridgehead atoms. The average Bonchev–Trinajstić information content (AvgIpc) is 2.89. The highest BCUT2D eigenvalue weighted by molar-refractivity contribution is 7.89. The van der Waals surface area contributed by atoms with Gasteiger partial charge in [-0.3, -0.25) is 4.79 Å². The standard InChI is InChI=1S/C27H37N3O4S/c1-20-12-16-29(17-13-20)24-6-4-22(5-7-24)21(2)28-27(31)23-14-18-30(19-15-23)35(32,33)26-10-8-25(34-3)9-11-26/h4-11,20-21,23H,12-19H2,1-3H3,(H,28,31)/t21-/m0/s1. The van der Waals surface area contributed by atoms with E-state index in [2.05, 4.69) is 41.4 Å². The Morgan fingerprint density at radius 2 is 1.54 bits per heavy atom. The lowest BCUT2D eigenvalue weighted by atomic mass is 9.96. The second-order valence-corrected chi connectivity index (χ2v) is 11.8. The van der Waals surface area contributed by atoms with Gasteiger partial charge in [0.1, 0.15) is 5.75 Å². The number of amides is 1. The molecule has 1 amide bonds. The average molecular weight is 500 g/mol. The summed E-state index contributed by atoms with van der Waals surface area (Å²) in [5, 5.41) is 3.13. The molecule has 2 aliphatic heterocycles. The van der Waals surface area contributed by atoms with E-state index >= 15 is 0 Å². The van der Waals surface area contributed by atoms with Gasteiger partial charge in [0.25, 0.3) is 0 Å². The van der Waals surface area contributed by atoms with Gasteiger partial charge in [-0.15, -0.1) is 0 Å². The molecule has 1 atom stereocenters. The zero-order valence-corrected chi connectivity index (χ0v) is 21.8. The lowest BCUT2D eigenvalue weighted by Crippen LogP contribution is -2.43. The molecule has 2 fully saturated rings. The van der Waals surface area contributed by atoms with Crippen LogP contribution in [0.25, 0.3) is 0 Å². The van der Waals surface area contributed by atoms with Crippen LogP contribution >= 0.6 is 0 Å². The van der Waals surface area contributed by atoms with E-state index in [1.807, 2.05) is 6.92 Å². The Morgan fingerprint density at radius 3 is 2.11 bits per heavy atom. The topological polar surface area (TPSA) is 79.0 Å². The number of carbonyl (C=O) groups excluding carboxylic acids is 1. The normalized spacial score (nSPS) is 19.3. The van der Waals surface area contributed by atoms with Crippen molar-refractivity contribution < 1.29 is 17.9 Å². The van der Waals surface area contributed by atoms with Gasteiger partial charge in [0.2, 0.25) is 15.9 Å². The first-order valence-corrected chi connectivity index (χ1v) is 14.0. The van der Waals surface area contributed by atoms with E-state index < -0.39 is 10.0 Å². The van der Waals surface area contributed by atoms with E-state index in [-0.39, 0.29) is 22.8 Å². The fraction of sp³-hybridized carbons (Fsp3) is 0.519. The number of anilines is 1. The van der Waals surface area contributed by atoms with Gasteiger partial charge in [-0.25, -0.2) is 8.42 Å². The van der Waals surface area contributed by atoms with Crippen molar-refractivity contribution in [1.29, 1.82) is 0 Å². The molecule has 0 aliphatic carbocycles. The molecule has 4 rings (SSSR count). The van der Waals surface area contributed by atoms with Crippen LogP contribution in [0.1, 0.15) is 51.1 Å². The summed E-state index contributed by atoms with van der Waals surface area (Å²) in [4.78, 5) is 15.6. The molecule has 1 N–H and O–H groups in total. The SMILES string of the molecule is COc1ccc(S(=O)(=O)N2CCC(C(=O)N[C@@H](C)c3ccc(N4CCC(C)CC4)cc3)CC2)cc1. The minimum atomic E-state index is -3.58.